The van der Waals surface area contributed by atoms with E-state index in [1.165, 1.54) is 0 Å². The van der Waals surface area contributed by atoms with Gasteiger partial charge in [-0.1, -0.05) is 34.6 Å². The molecule has 1 saturated heterocycles. The molecule has 0 aromatic carbocycles. The molecule has 1 aromatic heterocycles. The molecule has 1 aromatic rings. The fraction of sp³-hybridized carbons (Fsp3) is 0.762. The normalized spacial score (nSPS) is 16.0. The Balaban J connectivity index is 0.00000420. The molecule has 0 bridgehead atoms. The molecule has 6 nitrogen and oxygen atoms in total. The average Bonchev–Trinajstić information content (AvgIpc) is 3.11. The molecule has 0 aliphatic carbocycles. The molecule has 1 amide bonds. The SMILES string of the molecule is CCNC(=NCCc1nc(C(C)(C)C)cs1)NC1CCN(C(=O)C(C)C)CC1.I. The molecule has 0 spiro atoms. The minimum absolute atomic E-state index is 0. The zero-order chi connectivity index (χ0) is 20.7. The number of hydrogen-bond donors (Lipinski definition) is 2. The summed E-state index contributed by atoms with van der Waals surface area (Å²) in [6.45, 7) is 15.8. The third kappa shape index (κ3) is 8.39. The molecule has 8 heteroatoms. The summed E-state index contributed by atoms with van der Waals surface area (Å²) in [4.78, 5) is 23.6. The number of carbonyl (C=O) groups excluding carboxylic acids is 1. The van der Waals surface area contributed by atoms with Gasteiger partial charge in [-0.15, -0.1) is 35.3 Å². The van der Waals surface area contributed by atoms with E-state index >= 15 is 0 Å². The topological polar surface area (TPSA) is 69.6 Å². The third-order valence-electron chi connectivity index (χ3n) is 4.90. The van der Waals surface area contributed by atoms with E-state index in [0.717, 1.165) is 62.1 Å². The van der Waals surface area contributed by atoms with Crippen molar-refractivity contribution >= 4 is 47.2 Å². The van der Waals surface area contributed by atoms with E-state index in [4.69, 9.17) is 9.98 Å². The summed E-state index contributed by atoms with van der Waals surface area (Å²) in [5, 5.41) is 10.2. The number of carbonyl (C=O) groups is 1. The van der Waals surface area contributed by atoms with Gasteiger partial charge in [0.1, 0.15) is 0 Å². The number of aliphatic imine (C=N–C) groups is 1. The van der Waals surface area contributed by atoms with Crippen molar-refractivity contribution in [3.8, 4) is 0 Å². The highest BCUT2D eigenvalue weighted by atomic mass is 127. The maximum Gasteiger partial charge on any atom is 0.225 e. The van der Waals surface area contributed by atoms with Crippen molar-refractivity contribution in [2.45, 2.75) is 72.3 Å². The molecule has 2 heterocycles. The molecule has 2 N–H and O–H groups in total. The highest BCUT2D eigenvalue weighted by molar-refractivity contribution is 14.0. The second-order valence-electron chi connectivity index (χ2n) is 8.79. The number of nitrogens with zero attached hydrogens (tertiary/aromatic N) is 3. The van der Waals surface area contributed by atoms with Gasteiger partial charge in [-0.3, -0.25) is 9.79 Å². The number of halogens is 1. The standard InChI is InChI=1S/C21H37N5OS.HI/c1-7-22-20(23-11-8-18-25-17(14-28-18)21(4,5)6)24-16-9-12-26(13-10-16)19(27)15(2)3;/h14-16H,7-13H2,1-6H3,(H2,22,23,24);1H. The number of rotatable bonds is 6. The van der Waals surface area contributed by atoms with Crippen LogP contribution in [0.1, 0.15) is 65.1 Å². The van der Waals surface area contributed by atoms with Crippen molar-refractivity contribution in [2.24, 2.45) is 10.9 Å². The average molecular weight is 536 g/mol. The van der Waals surface area contributed by atoms with Crippen LogP contribution in [0.3, 0.4) is 0 Å². The molecule has 2 rings (SSSR count). The molecule has 0 radical (unpaired) electrons. The number of guanidine groups is 1. The Labute approximate surface area is 197 Å². The molecule has 1 fully saturated rings. The minimum atomic E-state index is 0. The first-order valence-electron chi connectivity index (χ1n) is 10.5. The minimum Gasteiger partial charge on any atom is -0.357 e. The van der Waals surface area contributed by atoms with Crippen molar-refractivity contribution in [3.63, 3.8) is 0 Å². The predicted molar refractivity (Wildman–Crippen MR) is 133 cm³/mol. The Hall–Kier alpha value is -0.900. The number of likely N-dealkylation sites (tertiary alicyclic amines) is 1. The smallest absolute Gasteiger partial charge is 0.225 e. The molecule has 29 heavy (non-hydrogen) atoms. The first kappa shape index (κ1) is 26.1. The van der Waals surface area contributed by atoms with Crippen LogP contribution in [0.25, 0.3) is 0 Å². The van der Waals surface area contributed by atoms with E-state index in [1.54, 1.807) is 11.3 Å². The molecule has 1 aliphatic heterocycles. The van der Waals surface area contributed by atoms with Gasteiger partial charge in [-0.05, 0) is 19.8 Å². The van der Waals surface area contributed by atoms with E-state index in [2.05, 4.69) is 43.7 Å². The Kier molecular flexibility index (Phi) is 10.9. The van der Waals surface area contributed by atoms with Crippen molar-refractivity contribution < 1.29 is 4.79 Å². The molecule has 0 saturated carbocycles. The summed E-state index contributed by atoms with van der Waals surface area (Å²) in [7, 11) is 0. The van der Waals surface area contributed by atoms with Crippen molar-refractivity contribution in [3.05, 3.63) is 16.1 Å². The van der Waals surface area contributed by atoms with Gasteiger partial charge in [0.25, 0.3) is 0 Å². The largest absolute Gasteiger partial charge is 0.357 e. The van der Waals surface area contributed by atoms with Crippen LogP contribution in [0.15, 0.2) is 10.4 Å². The lowest BCUT2D eigenvalue weighted by Crippen LogP contribution is -2.50. The van der Waals surface area contributed by atoms with Crippen LogP contribution in [-0.4, -0.2) is 54.0 Å². The second-order valence-corrected chi connectivity index (χ2v) is 9.73. The lowest BCUT2D eigenvalue weighted by molar-refractivity contribution is -0.135. The molecule has 1 aliphatic rings. The molecule has 0 atom stereocenters. The van der Waals surface area contributed by atoms with E-state index in [1.807, 2.05) is 18.7 Å². The zero-order valence-electron chi connectivity index (χ0n) is 18.7. The van der Waals surface area contributed by atoms with E-state index < -0.39 is 0 Å². The van der Waals surface area contributed by atoms with Gasteiger partial charge in [0.15, 0.2) is 5.96 Å². The van der Waals surface area contributed by atoms with Crippen LogP contribution in [0.5, 0.6) is 0 Å². The Bertz CT molecular complexity index is 660. The van der Waals surface area contributed by atoms with Gasteiger partial charge < -0.3 is 15.5 Å². The number of piperidine rings is 1. The fourth-order valence-electron chi connectivity index (χ4n) is 3.16. The summed E-state index contributed by atoms with van der Waals surface area (Å²) >= 11 is 1.72. The highest BCUT2D eigenvalue weighted by Gasteiger charge is 2.24. The Morgan fingerprint density at radius 1 is 1.34 bits per heavy atom. The molecule has 0 unspecified atom stereocenters. The van der Waals surface area contributed by atoms with Crippen molar-refractivity contribution in [2.75, 3.05) is 26.2 Å². The van der Waals surface area contributed by atoms with Gasteiger partial charge in [-0.25, -0.2) is 4.98 Å². The maximum absolute atomic E-state index is 12.1. The molecular weight excluding hydrogens is 497 g/mol. The summed E-state index contributed by atoms with van der Waals surface area (Å²) in [6.07, 6.45) is 2.78. The summed E-state index contributed by atoms with van der Waals surface area (Å²) in [5.74, 6) is 1.20. The Morgan fingerprint density at radius 3 is 2.52 bits per heavy atom. The number of amides is 1. The van der Waals surface area contributed by atoms with Gasteiger partial charge in [0.2, 0.25) is 5.91 Å². The maximum atomic E-state index is 12.1. The lowest BCUT2D eigenvalue weighted by atomic mass is 9.93. The van der Waals surface area contributed by atoms with Crippen LogP contribution in [0.4, 0.5) is 0 Å². The number of hydrogen-bond acceptors (Lipinski definition) is 4. The zero-order valence-corrected chi connectivity index (χ0v) is 21.9. The summed E-state index contributed by atoms with van der Waals surface area (Å²) < 4.78 is 0. The van der Waals surface area contributed by atoms with Crippen LogP contribution in [0.2, 0.25) is 0 Å². The van der Waals surface area contributed by atoms with Gasteiger partial charge in [0, 0.05) is 55.4 Å². The van der Waals surface area contributed by atoms with Crippen LogP contribution in [0, 0.1) is 5.92 Å². The van der Waals surface area contributed by atoms with E-state index in [9.17, 15) is 4.79 Å². The number of aromatic nitrogens is 1. The predicted octanol–water partition coefficient (Wildman–Crippen LogP) is 3.80. The first-order valence-corrected chi connectivity index (χ1v) is 11.4. The Morgan fingerprint density at radius 2 is 2.00 bits per heavy atom. The number of nitrogens with one attached hydrogen (secondary N) is 2. The first-order chi connectivity index (χ1) is 13.2. The van der Waals surface area contributed by atoms with Gasteiger partial charge in [0.05, 0.1) is 10.7 Å². The quantitative estimate of drug-likeness (QED) is 0.331. The van der Waals surface area contributed by atoms with Crippen molar-refractivity contribution in [1.82, 2.24) is 20.5 Å². The highest BCUT2D eigenvalue weighted by Crippen LogP contribution is 2.24. The van der Waals surface area contributed by atoms with E-state index in [-0.39, 0.29) is 41.2 Å². The third-order valence-corrected chi connectivity index (χ3v) is 5.81. The second kappa shape index (κ2) is 12.1. The van der Waals surface area contributed by atoms with Crippen LogP contribution < -0.4 is 10.6 Å². The fourth-order valence-corrected chi connectivity index (χ4v) is 4.17. The van der Waals surface area contributed by atoms with E-state index in [0.29, 0.717) is 6.04 Å². The van der Waals surface area contributed by atoms with Gasteiger partial charge in [-0.2, -0.15) is 0 Å². The van der Waals surface area contributed by atoms with Crippen LogP contribution >= 0.6 is 35.3 Å². The molecular formula is C21H38IN5OS. The monoisotopic (exact) mass is 535 g/mol. The summed E-state index contributed by atoms with van der Waals surface area (Å²) in [6, 6.07) is 0.362. The molecule has 166 valence electrons. The summed E-state index contributed by atoms with van der Waals surface area (Å²) in [5.41, 5.74) is 1.25. The van der Waals surface area contributed by atoms with Crippen molar-refractivity contribution in [1.29, 1.82) is 0 Å². The number of thiazole rings is 1. The van der Waals surface area contributed by atoms with Gasteiger partial charge >= 0.3 is 0 Å². The van der Waals surface area contributed by atoms with Crippen LogP contribution in [-0.2, 0) is 16.6 Å². The lowest BCUT2D eigenvalue weighted by Gasteiger charge is -2.34.